The fourth-order valence-corrected chi connectivity index (χ4v) is 4.65. The van der Waals surface area contributed by atoms with Gasteiger partial charge in [-0.25, -0.2) is 24.8 Å². The average molecular weight is 537 g/mol. The van der Waals surface area contributed by atoms with Crippen LogP contribution in [0.5, 0.6) is 5.88 Å². The van der Waals surface area contributed by atoms with Crippen LogP contribution in [0.15, 0.2) is 59.6 Å². The van der Waals surface area contributed by atoms with Crippen LogP contribution >= 0.6 is 11.3 Å². The van der Waals surface area contributed by atoms with Gasteiger partial charge in [0.1, 0.15) is 18.8 Å². The molecule has 2 aliphatic rings. The van der Waals surface area contributed by atoms with Crippen LogP contribution in [0.2, 0.25) is 0 Å². The maximum Gasteiger partial charge on any atom is 0.347 e. The SMILES string of the molecule is CCC1=CC(=NC(=O)Nc2ccc(-c3cnc(Nc4cc(OCCN5CCOCC5)ncn4)s3)cc2)N1O. The lowest BCUT2D eigenvalue weighted by molar-refractivity contribution is 0.00930. The van der Waals surface area contributed by atoms with Gasteiger partial charge in [-0.05, 0) is 24.1 Å². The number of aliphatic imine (C=N–C) groups is 1. The Bertz CT molecular complexity index is 1320. The van der Waals surface area contributed by atoms with Gasteiger partial charge in [-0.1, -0.05) is 30.4 Å². The first-order valence-corrected chi connectivity index (χ1v) is 13.1. The second kappa shape index (κ2) is 12.1. The van der Waals surface area contributed by atoms with E-state index >= 15 is 0 Å². The number of nitrogens with one attached hydrogen (secondary N) is 2. The van der Waals surface area contributed by atoms with Crippen molar-refractivity contribution in [1.29, 1.82) is 0 Å². The molecule has 12 nitrogen and oxygen atoms in total. The zero-order chi connectivity index (χ0) is 26.3. The third-order valence-electron chi connectivity index (χ3n) is 5.93. The Balaban J connectivity index is 1.13. The number of aromatic nitrogens is 3. The molecule has 5 rings (SSSR count). The molecule has 0 aliphatic carbocycles. The van der Waals surface area contributed by atoms with Gasteiger partial charge in [-0.2, -0.15) is 4.99 Å². The van der Waals surface area contributed by atoms with Gasteiger partial charge in [0.15, 0.2) is 11.0 Å². The molecule has 0 unspecified atom stereocenters. The van der Waals surface area contributed by atoms with Crippen molar-refractivity contribution in [3.63, 3.8) is 0 Å². The van der Waals surface area contributed by atoms with E-state index in [9.17, 15) is 10.0 Å². The van der Waals surface area contributed by atoms with Gasteiger partial charge < -0.3 is 20.1 Å². The number of hydroxylamine groups is 2. The van der Waals surface area contributed by atoms with Crippen LogP contribution in [0.25, 0.3) is 10.4 Å². The summed E-state index contributed by atoms with van der Waals surface area (Å²) in [5.74, 6) is 1.31. The van der Waals surface area contributed by atoms with Crippen molar-refractivity contribution in [2.75, 3.05) is 50.1 Å². The molecule has 1 saturated heterocycles. The topological polar surface area (TPSA) is 137 Å². The average Bonchev–Trinajstić information content (AvgIpc) is 3.40. The molecule has 38 heavy (non-hydrogen) atoms. The number of urea groups is 1. The maximum absolute atomic E-state index is 12.1. The molecule has 13 heteroatoms. The molecule has 198 valence electrons. The predicted octanol–water partition coefficient (Wildman–Crippen LogP) is 3.98. The van der Waals surface area contributed by atoms with Gasteiger partial charge in [0.25, 0.3) is 0 Å². The summed E-state index contributed by atoms with van der Waals surface area (Å²) < 4.78 is 11.2. The van der Waals surface area contributed by atoms with Gasteiger partial charge in [0.05, 0.1) is 23.8 Å². The van der Waals surface area contributed by atoms with E-state index in [1.807, 2.05) is 19.1 Å². The summed E-state index contributed by atoms with van der Waals surface area (Å²) in [7, 11) is 0. The minimum Gasteiger partial charge on any atom is -0.476 e. The molecule has 3 aromatic rings. The summed E-state index contributed by atoms with van der Waals surface area (Å²) in [4.78, 5) is 32.1. The van der Waals surface area contributed by atoms with Crippen molar-refractivity contribution in [3.8, 4) is 16.3 Å². The number of hydrogen-bond donors (Lipinski definition) is 3. The van der Waals surface area contributed by atoms with E-state index < -0.39 is 6.03 Å². The highest BCUT2D eigenvalue weighted by Gasteiger charge is 2.22. The lowest BCUT2D eigenvalue weighted by atomic mass is 10.2. The standard InChI is InChI=1S/C25H28N8O4S/c1-2-19-13-22(33(19)35)31-24(34)29-18-5-3-17(4-6-18)20-15-26-25(38-20)30-21-14-23(28-16-27-21)37-12-9-32-7-10-36-11-8-32/h3-6,13-16,35H,2,7-12H2,1H3,(H,29,34)(H,26,27,28,30). The summed E-state index contributed by atoms with van der Waals surface area (Å²) in [6.07, 6.45) is 5.57. The quantitative estimate of drug-likeness (QED) is 0.368. The van der Waals surface area contributed by atoms with Crippen LogP contribution in [-0.2, 0) is 4.74 Å². The van der Waals surface area contributed by atoms with Crippen LogP contribution in [0.1, 0.15) is 13.3 Å². The van der Waals surface area contributed by atoms with Gasteiger partial charge in [-0.3, -0.25) is 10.1 Å². The first-order chi connectivity index (χ1) is 18.6. The summed E-state index contributed by atoms with van der Waals surface area (Å²) >= 11 is 1.47. The number of thiazole rings is 1. The summed E-state index contributed by atoms with van der Waals surface area (Å²) in [5.41, 5.74) is 2.26. The molecule has 3 N–H and O–H groups in total. The molecule has 0 spiro atoms. The van der Waals surface area contributed by atoms with Gasteiger partial charge in [0, 0.05) is 43.7 Å². The number of nitrogens with zero attached hydrogens (tertiary/aromatic N) is 6. The summed E-state index contributed by atoms with van der Waals surface area (Å²) in [6, 6.07) is 8.55. The lowest BCUT2D eigenvalue weighted by Crippen LogP contribution is -2.38. The van der Waals surface area contributed by atoms with E-state index in [4.69, 9.17) is 9.47 Å². The lowest BCUT2D eigenvalue weighted by Gasteiger charge is -2.27. The smallest absolute Gasteiger partial charge is 0.347 e. The second-order valence-corrected chi connectivity index (χ2v) is 9.51. The normalized spacial score (nSPS) is 16.6. The van der Waals surface area contributed by atoms with Crippen LogP contribution < -0.4 is 15.4 Å². The first kappa shape index (κ1) is 25.7. The third kappa shape index (κ3) is 6.50. The molecule has 2 amide bonds. The zero-order valence-electron chi connectivity index (χ0n) is 20.8. The highest BCUT2D eigenvalue weighted by atomic mass is 32.1. The number of morpholine rings is 1. The molecule has 0 radical (unpaired) electrons. The Morgan fingerprint density at radius 2 is 2.03 bits per heavy atom. The van der Waals surface area contributed by atoms with Gasteiger partial charge in [-0.15, -0.1) is 0 Å². The molecule has 0 saturated carbocycles. The molecule has 1 fully saturated rings. The zero-order valence-corrected chi connectivity index (χ0v) is 21.6. The number of carbonyl (C=O) groups excluding carboxylic acids is 1. The maximum atomic E-state index is 12.1. The first-order valence-electron chi connectivity index (χ1n) is 12.2. The van der Waals surface area contributed by atoms with Gasteiger partial charge >= 0.3 is 6.03 Å². The Labute approximate surface area is 223 Å². The molecule has 2 aromatic heterocycles. The Morgan fingerprint density at radius 3 is 2.79 bits per heavy atom. The number of rotatable bonds is 9. The van der Waals surface area contributed by atoms with E-state index in [0.29, 0.717) is 41.2 Å². The van der Waals surface area contributed by atoms with Crippen molar-refractivity contribution in [1.82, 2.24) is 24.9 Å². The number of ether oxygens (including phenoxy) is 2. The largest absolute Gasteiger partial charge is 0.476 e. The molecule has 2 aliphatic heterocycles. The van der Waals surface area contributed by atoms with E-state index in [1.54, 1.807) is 30.5 Å². The van der Waals surface area contributed by atoms with Gasteiger partial charge in [0.2, 0.25) is 5.88 Å². The minimum atomic E-state index is -0.559. The van der Waals surface area contributed by atoms with Crippen LogP contribution in [0, 0.1) is 0 Å². The molecule has 0 bridgehead atoms. The van der Waals surface area contributed by atoms with E-state index in [-0.39, 0.29) is 5.84 Å². The number of allylic oxidation sites excluding steroid dienone is 1. The fraction of sp³-hybridized carbons (Fsp3) is 0.320. The van der Waals surface area contributed by atoms with Crippen molar-refractivity contribution in [2.45, 2.75) is 13.3 Å². The monoisotopic (exact) mass is 536 g/mol. The second-order valence-electron chi connectivity index (χ2n) is 8.48. The van der Waals surface area contributed by atoms with Crippen LogP contribution in [-0.4, -0.2) is 81.4 Å². The number of amidine groups is 1. The predicted molar refractivity (Wildman–Crippen MR) is 144 cm³/mol. The summed E-state index contributed by atoms with van der Waals surface area (Å²) in [5, 5.41) is 17.3. The van der Waals surface area contributed by atoms with Crippen LogP contribution in [0.3, 0.4) is 0 Å². The minimum absolute atomic E-state index is 0.219. The highest BCUT2D eigenvalue weighted by Crippen LogP contribution is 2.31. The summed E-state index contributed by atoms with van der Waals surface area (Å²) in [6.45, 7) is 6.62. The van der Waals surface area contributed by atoms with Crippen LogP contribution in [0.4, 0.5) is 21.4 Å². The molecule has 0 atom stereocenters. The number of hydrogen-bond acceptors (Lipinski definition) is 10. The molecule has 1 aromatic carbocycles. The van der Waals surface area contributed by atoms with Crippen molar-refractivity contribution >= 4 is 39.8 Å². The van der Waals surface area contributed by atoms with E-state index in [1.165, 1.54) is 17.7 Å². The fourth-order valence-electron chi connectivity index (χ4n) is 3.82. The number of anilines is 3. The van der Waals surface area contributed by atoms with Crippen molar-refractivity contribution in [2.24, 2.45) is 4.99 Å². The molecule has 4 heterocycles. The van der Waals surface area contributed by atoms with Crippen molar-refractivity contribution < 1.29 is 19.5 Å². The Hall–Kier alpha value is -3.91. The molecular weight excluding hydrogens is 508 g/mol. The highest BCUT2D eigenvalue weighted by molar-refractivity contribution is 7.18. The van der Waals surface area contributed by atoms with E-state index in [2.05, 4.69) is 35.5 Å². The van der Waals surface area contributed by atoms with E-state index in [0.717, 1.165) is 48.4 Å². The number of amides is 2. The third-order valence-corrected chi connectivity index (χ3v) is 6.89. The number of benzene rings is 1. The molecular formula is C25H28N8O4S. The van der Waals surface area contributed by atoms with Crippen molar-refractivity contribution in [3.05, 3.63) is 54.6 Å². The Morgan fingerprint density at radius 1 is 1.21 bits per heavy atom. The Kier molecular flexibility index (Phi) is 8.19. The number of carbonyl (C=O) groups is 1.